The molecule has 1 heterocycles. The number of piperidine rings is 1. The lowest BCUT2D eigenvalue weighted by Gasteiger charge is -2.40. The highest BCUT2D eigenvalue weighted by Gasteiger charge is 2.34. The van der Waals surface area contributed by atoms with Crippen LogP contribution in [0.4, 0.5) is 4.79 Å². The van der Waals surface area contributed by atoms with Gasteiger partial charge in [0.15, 0.2) is 0 Å². The van der Waals surface area contributed by atoms with Crippen molar-refractivity contribution < 1.29 is 9.90 Å². The average molecular weight is 226 g/mol. The Morgan fingerprint density at radius 3 is 2.44 bits per heavy atom. The fourth-order valence-corrected chi connectivity index (χ4v) is 3.32. The molecule has 0 aromatic rings. The predicted octanol–water partition coefficient (Wildman–Crippen LogP) is 1.89. The topological polar surface area (TPSA) is 66.6 Å². The zero-order valence-corrected chi connectivity index (χ0v) is 9.77. The lowest BCUT2D eigenvalue weighted by atomic mass is 9.74. The number of nitrogens with zero attached hydrogens (tertiary/aromatic N) is 1. The van der Waals surface area contributed by atoms with Crippen molar-refractivity contribution in [2.45, 2.75) is 44.6 Å². The van der Waals surface area contributed by atoms with Gasteiger partial charge < -0.3 is 15.7 Å². The fraction of sp³-hybridized carbons (Fsp3) is 0.917. The molecule has 1 aliphatic heterocycles. The van der Waals surface area contributed by atoms with Crippen LogP contribution in [0.25, 0.3) is 0 Å². The van der Waals surface area contributed by atoms with E-state index in [0.717, 1.165) is 12.3 Å². The average Bonchev–Trinajstić information content (AvgIpc) is 2.30. The van der Waals surface area contributed by atoms with Crippen LogP contribution in [-0.4, -0.2) is 35.2 Å². The molecule has 0 spiro atoms. The molecule has 92 valence electrons. The number of hydrogen-bond acceptors (Lipinski definition) is 2. The number of carbonyl (C=O) groups is 1. The SMILES string of the molecule is NC1CN(C(=O)O)CCC1C1CCCCC1. The van der Waals surface area contributed by atoms with Crippen molar-refractivity contribution in [3.05, 3.63) is 0 Å². The van der Waals surface area contributed by atoms with Crippen LogP contribution in [0.15, 0.2) is 0 Å². The largest absolute Gasteiger partial charge is 0.465 e. The summed E-state index contributed by atoms with van der Waals surface area (Å²) in [7, 11) is 0. The third-order valence-electron chi connectivity index (χ3n) is 4.24. The van der Waals surface area contributed by atoms with E-state index in [1.165, 1.54) is 37.0 Å². The first-order chi connectivity index (χ1) is 7.68. The van der Waals surface area contributed by atoms with E-state index < -0.39 is 6.09 Å². The molecule has 4 heteroatoms. The lowest BCUT2D eigenvalue weighted by Crippen LogP contribution is -2.52. The van der Waals surface area contributed by atoms with Crippen LogP contribution in [-0.2, 0) is 0 Å². The maximum Gasteiger partial charge on any atom is 0.407 e. The normalized spacial score (nSPS) is 32.7. The van der Waals surface area contributed by atoms with Gasteiger partial charge in [-0.1, -0.05) is 32.1 Å². The summed E-state index contributed by atoms with van der Waals surface area (Å²) < 4.78 is 0. The number of rotatable bonds is 1. The first-order valence-corrected chi connectivity index (χ1v) is 6.42. The van der Waals surface area contributed by atoms with Gasteiger partial charge in [0.05, 0.1) is 0 Å². The van der Waals surface area contributed by atoms with Gasteiger partial charge in [0, 0.05) is 19.1 Å². The van der Waals surface area contributed by atoms with E-state index >= 15 is 0 Å². The molecule has 16 heavy (non-hydrogen) atoms. The van der Waals surface area contributed by atoms with E-state index in [0.29, 0.717) is 19.0 Å². The van der Waals surface area contributed by atoms with Crippen LogP contribution in [0.3, 0.4) is 0 Å². The zero-order chi connectivity index (χ0) is 11.5. The summed E-state index contributed by atoms with van der Waals surface area (Å²) in [6.45, 7) is 1.20. The van der Waals surface area contributed by atoms with Crippen LogP contribution in [0.5, 0.6) is 0 Å². The third kappa shape index (κ3) is 2.48. The monoisotopic (exact) mass is 226 g/mol. The second kappa shape index (κ2) is 5.04. The molecule has 2 atom stereocenters. The van der Waals surface area contributed by atoms with Crippen molar-refractivity contribution in [1.29, 1.82) is 0 Å². The molecule has 0 radical (unpaired) electrons. The molecule has 1 amide bonds. The summed E-state index contributed by atoms with van der Waals surface area (Å²) in [6, 6.07) is 0.0490. The molecule has 0 aromatic carbocycles. The van der Waals surface area contributed by atoms with Crippen molar-refractivity contribution in [2.75, 3.05) is 13.1 Å². The van der Waals surface area contributed by atoms with Crippen LogP contribution in [0, 0.1) is 11.8 Å². The molecule has 2 aliphatic rings. The van der Waals surface area contributed by atoms with Crippen molar-refractivity contribution >= 4 is 6.09 Å². The zero-order valence-electron chi connectivity index (χ0n) is 9.77. The smallest absolute Gasteiger partial charge is 0.407 e. The molecule has 1 saturated heterocycles. The van der Waals surface area contributed by atoms with Crippen LogP contribution in [0.2, 0.25) is 0 Å². The Balaban J connectivity index is 1.90. The maximum atomic E-state index is 10.9. The van der Waals surface area contributed by atoms with Crippen molar-refractivity contribution in [3.8, 4) is 0 Å². The Kier molecular flexibility index (Phi) is 3.69. The summed E-state index contributed by atoms with van der Waals surface area (Å²) in [5.74, 6) is 1.30. The third-order valence-corrected chi connectivity index (χ3v) is 4.24. The Bertz CT molecular complexity index is 251. The van der Waals surface area contributed by atoms with Gasteiger partial charge in [-0.3, -0.25) is 0 Å². The minimum absolute atomic E-state index is 0.0490. The highest BCUT2D eigenvalue weighted by Crippen LogP contribution is 2.35. The van der Waals surface area contributed by atoms with E-state index in [4.69, 9.17) is 10.8 Å². The predicted molar refractivity (Wildman–Crippen MR) is 62.3 cm³/mol. The summed E-state index contributed by atoms with van der Waals surface area (Å²) in [6.07, 6.45) is 6.75. The van der Waals surface area contributed by atoms with Crippen LogP contribution in [0.1, 0.15) is 38.5 Å². The van der Waals surface area contributed by atoms with E-state index in [-0.39, 0.29) is 6.04 Å². The van der Waals surface area contributed by atoms with Crippen LogP contribution >= 0.6 is 0 Å². The van der Waals surface area contributed by atoms with Gasteiger partial charge in [0.25, 0.3) is 0 Å². The van der Waals surface area contributed by atoms with Gasteiger partial charge in [-0.25, -0.2) is 4.79 Å². The van der Waals surface area contributed by atoms with E-state index in [9.17, 15) is 4.79 Å². The molecule has 4 nitrogen and oxygen atoms in total. The standard InChI is InChI=1S/C12H22N2O2/c13-11-8-14(12(15)16)7-6-10(11)9-4-2-1-3-5-9/h9-11H,1-8,13H2,(H,15,16). The highest BCUT2D eigenvalue weighted by molar-refractivity contribution is 5.65. The molecule has 0 bridgehead atoms. The summed E-state index contributed by atoms with van der Waals surface area (Å²) >= 11 is 0. The van der Waals surface area contributed by atoms with Gasteiger partial charge in [-0.2, -0.15) is 0 Å². The first kappa shape index (κ1) is 11.7. The van der Waals surface area contributed by atoms with E-state index in [1.807, 2.05) is 0 Å². The molecule has 1 saturated carbocycles. The minimum Gasteiger partial charge on any atom is -0.465 e. The number of nitrogens with two attached hydrogens (primary N) is 1. The van der Waals surface area contributed by atoms with Gasteiger partial charge in [-0.15, -0.1) is 0 Å². The van der Waals surface area contributed by atoms with E-state index in [1.54, 1.807) is 0 Å². The number of amides is 1. The quantitative estimate of drug-likeness (QED) is 0.717. The van der Waals surface area contributed by atoms with Gasteiger partial charge in [0.2, 0.25) is 0 Å². The molecule has 0 aromatic heterocycles. The molecule has 3 N–H and O–H groups in total. The van der Waals surface area contributed by atoms with E-state index in [2.05, 4.69) is 0 Å². The van der Waals surface area contributed by atoms with Gasteiger partial charge in [0.1, 0.15) is 0 Å². The Hall–Kier alpha value is -0.770. The molecular formula is C12H22N2O2. The number of carboxylic acid groups (broad SMARTS) is 1. The van der Waals surface area contributed by atoms with Crippen molar-refractivity contribution in [1.82, 2.24) is 4.90 Å². The second-order valence-corrected chi connectivity index (χ2v) is 5.24. The lowest BCUT2D eigenvalue weighted by molar-refractivity contribution is 0.0909. The van der Waals surface area contributed by atoms with Crippen molar-refractivity contribution in [3.63, 3.8) is 0 Å². The summed E-state index contributed by atoms with van der Waals surface area (Å²) in [5, 5.41) is 8.92. The van der Waals surface area contributed by atoms with Gasteiger partial charge in [-0.05, 0) is 18.3 Å². The number of likely N-dealkylation sites (tertiary alicyclic amines) is 1. The molecule has 1 aliphatic carbocycles. The molecule has 2 fully saturated rings. The molecule has 2 unspecified atom stereocenters. The minimum atomic E-state index is -0.822. The van der Waals surface area contributed by atoms with Crippen molar-refractivity contribution in [2.24, 2.45) is 17.6 Å². The maximum absolute atomic E-state index is 10.9. The highest BCUT2D eigenvalue weighted by atomic mass is 16.4. The summed E-state index contributed by atoms with van der Waals surface area (Å²) in [4.78, 5) is 12.3. The van der Waals surface area contributed by atoms with Gasteiger partial charge >= 0.3 is 6.09 Å². The fourth-order valence-electron chi connectivity index (χ4n) is 3.32. The first-order valence-electron chi connectivity index (χ1n) is 6.42. The van der Waals surface area contributed by atoms with Crippen LogP contribution < -0.4 is 5.73 Å². The molecule has 2 rings (SSSR count). The Morgan fingerprint density at radius 1 is 1.19 bits per heavy atom. The summed E-state index contributed by atoms with van der Waals surface area (Å²) in [5.41, 5.74) is 6.13. The Morgan fingerprint density at radius 2 is 1.88 bits per heavy atom. The second-order valence-electron chi connectivity index (χ2n) is 5.24. The number of hydrogen-bond donors (Lipinski definition) is 2. The molecular weight excluding hydrogens is 204 g/mol. The Labute approximate surface area is 96.8 Å².